The second kappa shape index (κ2) is 9.29. The Morgan fingerprint density at radius 1 is 0.826 bits per heavy atom. The summed E-state index contributed by atoms with van der Waals surface area (Å²) in [5.74, 6) is 2.64. The van der Waals surface area contributed by atoms with Gasteiger partial charge in [-0.2, -0.15) is 13.2 Å². The van der Waals surface area contributed by atoms with E-state index in [1.807, 2.05) is 0 Å². The normalized spacial score (nSPS) is 32.9. The molecule has 0 bridgehead atoms. The average molecular weight is 334 g/mol. The molecule has 0 aromatic carbocycles. The SMILES string of the molecule is CCCOCC1CCC(C2CCC(CCC(F)(F)F)CC2)CC1. The first-order valence-corrected chi connectivity index (χ1v) is 9.62. The minimum atomic E-state index is -3.98. The summed E-state index contributed by atoms with van der Waals surface area (Å²) in [6.45, 7) is 3.94. The van der Waals surface area contributed by atoms with Gasteiger partial charge >= 0.3 is 6.18 Å². The lowest BCUT2D eigenvalue weighted by Gasteiger charge is -2.38. The van der Waals surface area contributed by atoms with Crippen molar-refractivity contribution in [2.24, 2.45) is 23.7 Å². The van der Waals surface area contributed by atoms with E-state index in [2.05, 4.69) is 6.92 Å². The maximum Gasteiger partial charge on any atom is 0.389 e. The molecule has 0 unspecified atom stereocenters. The quantitative estimate of drug-likeness (QED) is 0.492. The summed E-state index contributed by atoms with van der Waals surface area (Å²) < 4.78 is 42.6. The molecule has 2 rings (SSSR count). The number of hydrogen-bond donors (Lipinski definition) is 0. The van der Waals surface area contributed by atoms with Crippen LogP contribution in [0.3, 0.4) is 0 Å². The third-order valence-electron chi connectivity index (χ3n) is 5.99. The molecule has 0 N–H and O–H groups in total. The molecule has 2 aliphatic carbocycles. The van der Waals surface area contributed by atoms with Crippen LogP contribution in [0.25, 0.3) is 0 Å². The van der Waals surface area contributed by atoms with Crippen molar-refractivity contribution in [3.63, 3.8) is 0 Å². The molecule has 23 heavy (non-hydrogen) atoms. The van der Waals surface area contributed by atoms with Gasteiger partial charge in [-0.25, -0.2) is 0 Å². The van der Waals surface area contributed by atoms with E-state index in [1.165, 1.54) is 25.7 Å². The van der Waals surface area contributed by atoms with Gasteiger partial charge in [0.2, 0.25) is 0 Å². The van der Waals surface area contributed by atoms with Crippen molar-refractivity contribution in [3.05, 3.63) is 0 Å². The van der Waals surface area contributed by atoms with E-state index in [9.17, 15) is 13.2 Å². The first-order chi connectivity index (χ1) is 11.0. The number of alkyl halides is 3. The average Bonchev–Trinajstić information content (AvgIpc) is 2.54. The topological polar surface area (TPSA) is 9.23 Å². The molecule has 0 atom stereocenters. The first kappa shape index (κ1) is 19.1. The van der Waals surface area contributed by atoms with Crippen LogP contribution < -0.4 is 0 Å². The van der Waals surface area contributed by atoms with Crippen molar-refractivity contribution in [2.45, 2.75) is 83.7 Å². The first-order valence-electron chi connectivity index (χ1n) is 9.62. The highest BCUT2D eigenvalue weighted by atomic mass is 19.4. The third-order valence-corrected chi connectivity index (χ3v) is 5.99. The molecular formula is C19H33F3O. The van der Waals surface area contributed by atoms with Crippen molar-refractivity contribution < 1.29 is 17.9 Å². The third kappa shape index (κ3) is 7.03. The summed E-state index contributed by atoms with van der Waals surface area (Å²) >= 11 is 0. The molecule has 0 saturated heterocycles. The predicted molar refractivity (Wildman–Crippen MR) is 87.3 cm³/mol. The Kier molecular flexibility index (Phi) is 7.71. The summed E-state index contributed by atoms with van der Waals surface area (Å²) in [5, 5.41) is 0. The van der Waals surface area contributed by atoms with E-state index in [4.69, 9.17) is 4.74 Å². The van der Waals surface area contributed by atoms with Crippen molar-refractivity contribution in [1.82, 2.24) is 0 Å². The molecule has 0 amide bonds. The number of halogens is 3. The van der Waals surface area contributed by atoms with Crippen LogP contribution in [0.4, 0.5) is 13.2 Å². The highest BCUT2D eigenvalue weighted by molar-refractivity contribution is 4.82. The second-order valence-electron chi connectivity index (χ2n) is 7.79. The number of ether oxygens (including phenoxy) is 1. The van der Waals surface area contributed by atoms with Crippen LogP contribution >= 0.6 is 0 Å². The van der Waals surface area contributed by atoms with Gasteiger partial charge in [0.05, 0.1) is 0 Å². The highest BCUT2D eigenvalue weighted by Gasteiger charge is 2.33. The Bertz CT molecular complexity index is 313. The number of hydrogen-bond acceptors (Lipinski definition) is 1. The van der Waals surface area contributed by atoms with E-state index in [0.717, 1.165) is 63.1 Å². The van der Waals surface area contributed by atoms with Crippen molar-refractivity contribution >= 4 is 0 Å². The van der Waals surface area contributed by atoms with Gasteiger partial charge in [-0.3, -0.25) is 0 Å². The van der Waals surface area contributed by atoms with Gasteiger partial charge in [0, 0.05) is 19.6 Å². The Morgan fingerprint density at radius 3 is 1.83 bits per heavy atom. The van der Waals surface area contributed by atoms with Gasteiger partial charge in [0.1, 0.15) is 0 Å². The smallest absolute Gasteiger partial charge is 0.381 e. The van der Waals surface area contributed by atoms with Crippen LogP contribution in [0.1, 0.15) is 77.6 Å². The highest BCUT2D eigenvalue weighted by Crippen LogP contribution is 2.42. The fraction of sp³-hybridized carbons (Fsp3) is 1.00. The lowest BCUT2D eigenvalue weighted by molar-refractivity contribution is -0.138. The van der Waals surface area contributed by atoms with E-state index in [0.29, 0.717) is 12.3 Å². The monoisotopic (exact) mass is 334 g/mol. The molecule has 0 heterocycles. The van der Waals surface area contributed by atoms with Crippen LogP contribution in [0.15, 0.2) is 0 Å². The molecule has 2 saturated carbocycles. The molecule has 0 spiro atoms. The minimum Gasteiger partial charge on any atom is -0.381 e. The van der Waals surface area contributed by atoms with E-state index in [1.54, 1.807) is 0 Å². The lowest BCUT2D eigenvalue weighted by Crippen LogP contribution is -2.27. The zero-order valence-electron chi connectivity index (χ0n) is 14.5. The zero-order chi connectivity index (χ0) is 16.7. The van der Waals surface area contributed by atoms with Gasteiger partial charge in [0.15, 0.2) is 0 Å². The zero-order valence-corrected chi connectivity index (χ0v) is 14.5. The molecule has 2 aliphatic rings. The van der Waals surface area contributed by atoms with Gasteiger partial charge in [-0.15, -0.1) is 0 Å². The van der Waals surface area contributed by atoms with Crippen LogP contribution in [-0.2, 0) is 4.74 Å². The maximum atomic E-state index is 12.3. The molecule has 2 fully saturated rings. The maximum absolute atomic E-state index is 12.3. The van der Waals surface area contributed by atoms with Crippen LogP contribution in [0.2, 0.25) is 0 Å². The van der Waals surface area contributed by atoms with Crippen LogP contribution in [0.5, 0.6) is 0 Å². The lowest BCUT2D eigenvalue weighted by atomic mass is 9.69. The number of rotatable bonds is 7. The standard InChI is InChI=1S/C19H33F3O/c1-2-13-23-14-16-5-9-18(10-6-16)17-7-3-15(4-8-17)11-12-19(20,21)22/h15-18H,2-14H2,1H3. The fourth-order valence-corrected chi connectivity index (χ4v) is 4.54. The van der Waals surface area contributed by atoms with Crippen LogP contribution in [-0.4, -0.2) is 19.4 Å². The molecular weight excluding hydrogens is 301 g/mol. The van der Waals surface area contributed by atoms with Crippen molar-refractivity contribution in [3.8, 4) is 0 Å². The Balaban J connectivity index is 1.61. The molecule has 0 aromatic rings. The Labute approximate surface area is 139 Å². The summed E-state index contributed by atoms with van der Waals surface area (Å²) in [7, 11) is 0. The predicted octanol–water partition coefficient (Wildman–Crippen LogP) is 6.37. The summed E-state index contributed by atoms with van der Waals surface area (Å²) in [4.78, 5) is 0. The molecule has 1 nitrogen and oxygen atoms in total. The van der Waals surface area contributed by atoms with Gasteiger partial charge in [0.25, 0.3) is 0 Å². The van der Waals surface area contributed by atoms with E-state index in [-0.39, 0.29) is 0 Å². The molecule has 0 aromatic heterocycles. The van der Waals surface area contributed by atoms with Gasteiger partial charge in [-0.05, 0) is 75.0 Å². The Hall–Kier alpha value is -0.250. The molecule has 0 radical (unpaired) electrons. The van der Waals surface area contributed by atoms with Crippen molar-refractivity contribution in [2.75, 3.05) is 13.2 Å². The molecule has 0 aliphatic heterocycles. The summed E-state index contributed by atoms with van der Waals surface area (Å²) in [6, 6.07) is 0. The Morgan fingerprint density at radius 2 is 1.35 bits per heavy atom. The largest absolute Gasteiger partial charge is 0.389 e. The second-order valence-corrected chi connectivity index (χ2v) is 7.79. The van der Waals surface area contributed by atoms with Crippen molar-refractivity contribution in [1.29, 1.82) is 0 Å². The van der Waals surface area contributed by atoms with Gasteiger partial charge in [-0.1, -0.05) is 19.8 Å². The molecule has 136 valence electrons. The minimum absolute atomic E-state index is 0.312. The summed E-state index contributed by atoms with van der Waals surface area (Å²) in [6.07, 6.45) is 6.38. The van der Waals surface area contributed by atoms with Crippen LogP contribution in [0, 0.1) is 23.7 Å². The molecule has 4 heteroatoms. The summed E-state index contributed by atoms with van der Waals surface area (Å²) in [5.41, 5.74) is 0. The van der Waals surface area contributed by atoms with Gasteiger partial charge < -0.3 is 4.74 Å². The fourth-order valence-electron chi connectivity index (χ4n) is 4.54. The van der Waals surface area contributed by atoms with E-state index < -0.39 is 12.6 Å². The van der Waals surface area contributed by atoms with E-state index >= 15 is 0 Å².